The highest BCUT2D eigenvalue weighted by Gasteiger charge is 2.38. The van der Waals surface area contributed by atoms with Crippen molar-refractivity contribution >= 4 is 34.5 Å². The van der Waals surface area contributed by atoms with Gasteiger partial charge in [-0.25, -0.2) is 19.4 Å². The van der Waals surface area contributed by atoms with Gasteiger partial charge in [0.25, 0.3) is 0 Å². The number of amides is 1. The summed E-state index contributed by atoms with van der Waals surface area (Å²) in [5.41, 5.74) is 9.32. The first-order valence-corrected chi connectivity index (χ1v) is 12.2. The Bertz CT molecular complexity index is 1390. The summed E-state index contributed by atoms with van der Waals surface area (Å²) in [6, 6.07) is 3.83. The molecule has 5 rings (SSSR count). The predicted molar refractivity (Wildman–Crippen MR) is 133 cm³/mol. The lowest BCUT2D eigenvalue weighted by molar-refractivity contribution is 0.0634. The zero-order valence-corrected chi connectivity index (χ0v) is 21.0. The maximum Gasteiger partial charge on any atom is 0.404 e. The number of carboxylic acid groups (broad SMARTS) is 1. The number of halogens is 1. The average Bonchev–Trinajstić information content (AvgIpc) is 3.04. The minimum Gasteiger partial charge on any atom is -0.489 e. The highest BCUT2D eigenvalue weighted by atomic mass is 35.5. The van der Waals surface area contributed by atoms with Crippen LogP contribution in [0.25, 0.3) is 11.0 Å². The summed E-state index contributed by atoms with van der Waals surface area (Å²) < 4.78 is 8.23. The number of hydrogen-bond acceptors (Lipinski definition) is 8. The third-order valence-corrected chi connectivity index (χ3v) is 7.41. The average molecular weight is 511 g/mol. The maximum absolute atomic E-state index is 11.0. The van der Waals surface area contributed by atoms with Gasteiger partial charge in [-0.1, -0.05) is 11.6 Å². The van der Waals surface area contributed by atoms with Crippen molar-refractivity contribution in [3.8, 4) is 11.8 Å². The molecule has 2 atom stereocenters. The Hall–Kier alpha value is -3.62. The van der Waals surface area contributed by atoms with E-state index in [2.05, 4.69) is 26.3 Å². The van der Waals surface area contributed by atoms with Gasteiger partial charge in [0.15, 0.2) is 5.65 Å². The molecular weight excluding hydrogens is 484 g/mol. The number of nitrogen functional groups attached to an aromatic ring is 1. The smallest absolute Gasteiger partial charge is 0.404 e. The fourth-order valence-electron chi connectivity index (χ4n) is 5.29. The number of anilines is 1. The second kappa shape index (κ2) is 9.11. The molecule has 1 aromatic carbocycles. The molecule has 1 saturated carbocycles. The minimum atomic E-state index is -1.01. The van der Waals surface area contributed by atoms with E-state index >= 15 is 0 Å². The van der Waals surface area contributed by atoms with Gasteiger partial charge in [-0.3, -0.25) is 4.90 Å². The molecule has 0 spiro atoms. The zero-order chi connectivity index (χ0) is 25.7. The lowest BCUT2D eigenvalue weighted by atomic mass is 9.85. The molecule has 2 aromatic heterocycles. The first kappa shape index (κ1) is 24.1. The molecule has 1 aliphatic heterocycles. The van der Waals surface area contributed by atoms with E-state index < -0.39 is 6.09 Å². The summed E-state index contributed by atoms with van der Waals surface area (Å²) in [4.78, 5) is 21.7. The highest BCUT2D eigenvalue weighted by Crippen LogP contribution is 2.42. The topological polar surface area (TPSA) is 155 Å². The summed E-state index contributed by atoms with van der Waals surface area (Å²) in [6.07, 6.45) is 1.66. The largest absolute Gasteiger partial charge is 0.489 e. The Balaban J connectivity index is 1.55. The molecule has 0 bridgehead atoms. The highest BCUT2D eigenvalue weighted by molar-refractivity contribution is 6.32. The van der Waals surface area contributed by atoms with Crippen LogP contribution in [-0.2, 0) is 6.54 Å². The van der Waals surface area contributed by atoms with Crippen molar-refractivity contribution < 1.29 is 14.6 Å². The molecule has 1 fully saturated rings. The van der Waals surface area contributed by atoms with Crippen LogP contribution in [0.2, 0.25) is 5.02 Å². The van der Waals surface area contributed by atoms with Gasteiger partial charge in [-0.15, -0.1) is 0 Å². The maximum atomic E-state index is 11.0. The second-order valence-electron chi connectivity index (χ2n) is 9.54. The Morgan fingerprint density at radius 3 is 2.86 bits per heavy atom. The van der Waals surface area contributed by atoms with Crippen molar-refractivity contribution in [2.45, 2.75) is 64.4 Å². The lowest BCUT2D eigenvalue weighted by Gasteiger charge is -2.42. The first-order valence-electron chi connectivity index (χ1n) is 11.8. The fourth-order valence-corrected chi connectivity index (χ4v) is 5.57. The number of hydrogen-bond donors (Lipinski definition) is 3. The van der Waals surface area contributed by atoms with Crippen LogP contribution in [0.4, 0.5) is 10.6 Å². The van der Waals surface area contributed by atoms with Crippen LogP contribution in [0, 0.1) is 18.3 Å². The molecule has 1 amide bonds. The molecule has 4 N–H and O–H groups in total. The molecule has 2 aliphatic rings. The number of aromatic nitrogens is 4. The lowest BCUT2D eigenvalue weighted by Crippen LogP contribution is -2.54. The third kappa shape index (κ3) is 4.06. The van der Waals surface area contributed by atoms with Crippen LogP contribution >= 0.6 is 11.6 Å². The van der Waals surface area contributed by atoms with E-state index in [-0.39, 0.29) is 24.2 Å². The molecule has 2 unspecified atom stereocenters. The minimum absolute atomic E-state index is 0.0670. The molecule has 11 nitrogen and oxygen atoms in total. The summed E-state index contributed by atoms with van der Waals surface area (Å²) >= 11 is 6.64. The van der Waals surface area contributed by atoms with Gasteiger partial charge < -0.3 is 20.9 Å². The van der Waals surface area contributed by atoms with Crippen LogP contribution in [0.5, 0.6) is 5.75 Å². The van der Waals surface area contributed by atoms with Gasteiger partial charge in [0.2, 0.25) is 0 Å². The molecule has 12 heteroatoms. The normalized spacial score (nSPS) is 22.6. The molecule has 0 saturated heterocycles. The van der Waals surface area contributed by atoms with E-state index in [1.807, 2.05) is 20.8 Å². The number of nitrogens with two attached hydrogens (primary N) is 1. The second-order valence-corrected chi connectivity index (χ2v) is 9.94. The van der Waals surface area contributed by atoms with Crippen LogP contribution in [0.1, 0.15) is 55.1 Å². The number of aryl methyl sites for hydroxylation is 1. The van der Waals surface area contributed by atoms with Crippen molar-refractivity contribution in [2.24, 2.45) is 0 Å². The van der Waals surface area contributed by atoms with E-state index in [1.165, 1.54) is 6.33 Å². The van der Waals surface area contributed by atoms with Crippen molar-refractivity contribution in [2.75, 3.05) is 12.3 Å². The van der Waals surface area contributed by atoms with Crippen LogP contribution < -0.4 is 15.8 Å². The van der Waals surface area contributed by atoms with Gasteiger partial charge in [-0.2, -0.15) is 10.4 Å². The third-order valence-electron chi connectivity index (χ3n) is 7.11. The molecule has 1 aliphatic carbocycles. The Morgan fingerprint density at radius 1 is 1.42 bits per heavy atom. The SMILES string of the molecule is Cc1nn(C(C)c2cc(Cl)c(C#N)c3c2OC(C)CN(C2CC(NC(=O)O)C2)C3)c2ncnc(N)c12. The zero-order valence-electron chi connectivity index (χ0n) is 20.2. The summed E-state index contributed by atoms with van der Waals surface area (Å²) in [7, 11) is 0. The molecule has 0 radical (unpaired) electrons. The molecule has 3 heterocycles. The van der Waals surface area contributed by atoms with Crippen LogP contribution in [-0.4, -0.2) is 60.6 Å². The summed E-state index contributed by atoms with van der Waals surface area (Å²) in [6.45, 7) is 6.95. The molecule has 188 valence electrons. The fraction of sp³-hybridized carbons (Fsp3) is 0.458. The molecule has 36 heavy (non-hydrogen) atoms. The Kier molecular flexibility index (Phi) is 6.10. The van der Waals surface area contributed by atoms with Crippen LogP contribution in [0.3, 0.4) is 0 Å². The van der Waals surface area contributed by atoms with Gasteiger partial charge in [0.05, 0.1) is 27.7 Å². The number of nitriles is 1. The number of rotatable bonds is 4. The summed E-state index contributed by atoms with van der Waals surface area (Å²) in [5.74, 6) is 0.991. The number of carbonyl (C=O) groups is 1. The number of nitrogens with zero attached hydrogens (tertiary/aromatic N) is 6. The summed E-state index contributed by atoms with van der Waals surface area (Å²) in [5, 5.41) is 27.2. The first-order chi connectivity index (χ1) is 17.2. The number of nitrogens with one attached hydrogen (secondary N) is 1. The van der Waals surface area contributed by atoms with Crippen molar-refractivity contribution in [1.29, 1.82) is 5.26 Å². The van der Waals surface area contributed by atoms with E-state index in [9.17, 15) is 10.1 Å². The number of ether oxygens (including phenoxy) is 1. The van der Waals surface area contributed by atoms with Gasteiger partial charge >= 0.3 is 6.09 Å². The standard InChI is InChI=1S/C24H27ClN8O3/c1-11-8-32(15-4-14(5-15)30-24(34)35)9-18-17(7-26)19(25)6-16(21(18)36-11)13(3)33-23-20(12(2)31-33)22(27)28-10-29-23/h6,10-11,13-15,30H,4-5,8-9H2,1-3H3,(H,34,35)(H2,27,28,29). The van der Waals surface area contributed by atoms with Crippen molar-refractivity contribution in [3.63, 3.8) is 0 Å². The molecular formula is C24H27ClN8O3. The van der Waals surface area contributed by atoms with Gasteiger partial charge in [0.1, 0.15) is 30.1 Å². The monoisotopic (exact) mass is 510 g/mol. The molecule has 3 aromatic rings. The van der Waals surface area contributed by atoms with E-state index in [0.717, 1.165) is 16.8 Å². The number of fused-ring (bicyclic) bond motifs is 2. The van der Waals surface area contributed by atoms with Gasteiger partial charge in [0, 0.05) is 36.3 Å². The van der Waals surface area contributed by atoms with Crippen LogP contribution in [0.15, 0.2) is 12.4 Å². The van der Waals surface area contributed by atoms with Crippen molar-refractivity contribution in [3.05, 3.63) is 39.8 Å². The predicted octanol–water partition coefficient (Wildman–Crippen LogP) is 3.23. The van der Waals surface area contributed by atoms with E-state index in [0.29, 0.717) is 59.1 Å². The van der Waals surface area contributed by atoms with E-state index in [4.69, 9.17) is 32.3 Å². The quantitative estimate of drug-likeness (QED) is 0.479. The van der Waals surface area contributed by atoms with E-state index in [1.54, 1.807) is 10.7 Å². The number of benzene rings is 1. The Morgan fingerprint density at radius 2 is 2.17 bits per heavy atom. The Labute approximate surface area is 212 Å². The van der Waals surface area contributed by atoms with Gasteiger partial charge in [-0.05, 0) is 39.7 Å². The van der Waals surface area contributed by atoms with Crippen molar-refractivity contribution in [1.82, 2.24) is 30.0 Å².